The second kappa shape index (κ2) is 6.43. The maximum Gasteiger partial charge on any atom is 0.260 e. The maximum atomic E-state index is 12.8. The molecule has 0 saturated carbocycles. The van der Waals surface area contributed by atoms with Crippen molar-refractivity contribution < 1.29 is 8.42 Å². The average Bonchev–Trinajstić information content (AvgIpc) is 3.02. The summed E-state index contributed by atoms with van der Waals surface area (Å²) in [6.45, 7) is 6.43. The second-order valence-corrected chi connectivity index (χ2v) is 7.71. The minimum absolute atomic E-state index is 0.218. The first-order chi connectivity index (χ1) is 9.87. The molecular formula is C13H25N5O2S. The topological polar surface area (TPSA) is 81.3 Å². The van der Waals surface area contributed by atoms with Crippen molar-refractivity contribution in [1.29, 1.82) is 0 Å². The van der Waals surface area contributed by atoms with Gasteiger partial charge < -0.3 is 10.2 Å². The van der Waals surface area contributed by atoms with Gasteiger partial charge in [0.15, 0.2) is 5.03 Å². The minimum atomic E-state index is -3.51. The molecule has 0 radical (unpaired) electrons. The molecule has 2 heterocycles. The lowest BCUT2D eigenvalue weighted by molar-refractivity contribution is 0.263. The van der Waals surface area contributed by atoms with E-state index in [1.165, 1.54) is 0 Å². The van der Waals surface area contributed by atoms with Crippen molar-refractivity contribution in [2.75, 3.05) is 33.7 Å². The van der Waals surface area contributed by atoms with E-state index in [0.29, 0.717) is 31.1 Å². The molecule has 1 saturated heterocycles. The summed E-state index contributed by atoms with van der Waals surface area (Å²) in [6, 6.07) is 0.250. The van der Waals surface area contributed by atoms with Crippen molar-refractivity contribution in [2.24, 2.45) is 5.92 Å². The van der Waals surface area contributed by atoms with Crippen molar-refractivity contribution in [1.82, 2.24) is 24.7 Å². The van der Waals surface area contributed by atoms with E-state index in [9.17, 15) is 8.42 Å². The van der Waals surface area contributed by atoms with E-state index in [0.717, 1.165) is 6.54 Å². The lowest BCUT2D eigenvalue weighted by Crippen LogP contribution is -2.36. The molecule has 7 nitrogen and oxygen atoms in total. The van der Waals surface area contributed by atoms with Gasteiger partial charge in [0.25, 0.3) is 10.0 Å². The molecule has 0 bridgehead atoms. The van der Waals surface area contributed by atoms with Crippen LogP contribution in [-0.4, -0.2) is 67.6 Å². The third-order valence-electron chi connectivity index (χ3n) is 4.04. The summed E-state index contributed by atoms with van der Waals surface area (Å²) in [4.78, 5) is 2.09. The number of H-pyrrole nitrogens is 1. The Morgan fingerprint density at radius 3 is 2.76 bits per heavy atom. The molecule has 1 fully saturated rings. The van der Waals surface area contributed by atoms with E-state index in [2.05, 4.69) is 27.3 Å². The van der Waals surface area contributed by atoms with Gasteiger partial charge in [-0.25, -0.2) is 8.42 Å². The average molecular weight is 315 g/mol. The number of aromatic nitrogens is 2. The van der Waals surface area contributed by atoms with Gasteiger partial charge in [-0.05, 0) is 26.6 Å². The van der Waals surface area contributed by atoms with E-state index in [1.54, 1.807) is 10.5 Å². The van der Waals surface area contributed by atoms with Crippen LogP contribution in [-0.2, 0) is 16.6 Å². The van der Waals surface area contributed by atoms with E-state index in [-0.39, 0.29) is 11.1 Å². The third kappa shape index (κ3) is 3.28. The van der Waals surface area contributed by atoms with Gasteiger partial charge >= 0.3 is 0 Å². The van der Waals surface area contributed by atoms with Crippen molar-refractivity contribution in [3.63, 3.8) is 0 Å². The van der Waals surface area contributed by atoms with E-state index < -0.39 is 10.0 Å². The number of hydrogen-bond acceptors (Lipinski definition) is 5. The van der Waals surface area contributed by atoms with Gasteiger partial charge in [-0.15, -0.1) is 0 Å². The fourth-order valence-electron chi connectivity index (χ4n) is 2.81. The zero-order valence-electron chi connectivity index (χ0n) is 13.1. The molecule has 2 atom stereocenters. The van der Waals surface area contributed by atoms with Crippen LogP contribution in [0.1, 0.15) is 19.4 Å². The summed E-state index contributed by atoms with van der Waals surface area (Å²) in [5.74, 6) is 0.315. The third-order valence-corrected chi connectivity index (χ3v) is 5.89. The normalized spacial score (nSPS) is 24.0. The smallest absolute Gasteiger partial charge is 0.260 e. The van der Waals surface area contributed by atoms with Gasteiger partial charge in [-0.1, -0.05) is 13.8 Å². The van der Waals surface area contributed by atoms with Crippen molar-refractivity contribution in [2.45, 2.75) is 31.5 Å². The number of nitrogens with zero attached hydrogens (tertiary/aromatic N) is 3. The lowest BCUT2D eigenvalue weighted by atomic mass is 10.1. The Kier molecular flexibility index (Phi) is 5.03. The van der Waals surface area contributed by atoms with Gasteiger partial charge in [0.05, 0.1) is 6.20 Å². The minimum Gasteiger partial charge on any atom is -0.313 e. The molecule has 0 aliphatic carbocycles. The zero-order valence-corrected chi connectivity index (χ0v) is 13.9. The zero-order chi connectivity index (χ0) is 15.6. The molecule has 1 aliphatic rings. The summed E-state index contributed by atoms with van der Waals surface area (Å²) in [7, 11) is 0.473. The van der Waals surface area contributed by atoms with E-state index >= 15 is 0 Å². The molecule has 1 aromatic heterocycles. The van der Waals surface area contributed by atoms with Crippen LogP contribution in [0.2, 0.25) is 0 Å². The van der Waals surface area contributed by atoms with Crippen LogP contribution in [0.15, 0.2) is 11.2 Å². The monoisotopic (exact) mass is 315 g/mol. The van der Waals surface area contributed by atoms with Crippen LogP contribution in [0.25, 0.3) is 0 Å². The SMILES string of the molecule is CCNCc1cn[nH]c1S(=O)(=O)N1CC(C)C(N(C)C)C1. The maximum absolute atomic E-state index is 12.8. The summed E-state index contributed by atoms with van der Waals surface area (Å²) in [5.41, 5.74) is 0.692. The Bertz CT molecular complexity index is 569. The molecule has 1 aromatic rings. The first-order valence-electron chi connectivity index (χ1n) is 7.27. The van der Waals surface area contributed by atoms with E-state index in [1.807, 2.05) is 21.0 Å². The molecule has 0 amide bonds. The van der Waals surface area contributed by atoms with Gasteiger partial charge in [0.2, 0.25) is 0 Å². The van der Waals surface area contributed by atoms with Crippen molar-refractivity contribution in [3.05, 3.63) is 11.8 Å². The molecule has 2 unspecified atom stereocenters. The molecule has 2 rings (SSSR count). The molecule has 120 valence electrons. The molecule has 2 N–H and O–H groups in total. The fraction of sp³-hybridized carbons (Fsp3) is 0.769. The molecule has 0 spiro atoms. The largest absolute Gasteiger partial charge is 0.313 e. The van der Waals surface area contributed by atoms with Gasteiger partial charge in [-0.2, -0.15) is 9.40 Å². The number of hydrogen-bond donors (Lipinski definition) is 2. The molecule has 0 aromatic carbocycles. The Morgan fingerprint density at radius 2 is 2.19 bits per heavy atom. The number of sulfonamides is 1. The van der Waals surface area contributed by atoms with Crippen molar-refractivity contribution >= 4 is 10.0 Å². The standard InChI is InChI=1S/C13H25N5O2S/c1-5-14-6-11-7-15-16-13(11)21(19,20)18-8-10(2)12(9-18)17(3)4/h7,10,12,14H,5-6,8-9H2,1-4H3,(H,15,16). The highest BCUT2D eigenvalue weighted by Gasteiger charge is 2.39. The van der Waals surface area contributed by atoms with E-state index in [4.69, 9.17) is 0 Å². The Hall–Kier alpha value is -0.960. The Labute approximate surface area is 126 Å². The number of rotatable bonds is 6. The van der Waals surface area contributed by atoms with Gasteiger partial charge in [0, 0.05) is 31.2 Å². The highest BCUT2D eigenvalue weighted by Crippen LogP contribution is 2.27. The summed E-state index contributed by atoms with van der Waals surface area (Å²) >= 11 is 0. The summed E-state index contributed by atoms with van der Waals surface area (Å²) in [6.07, 6.45) is 1.58. The van der Waals surface area contributed by atoms with Gasteiger partial charge in [-0.3, -0.25) is 5.10 Å². The van der Waals surface area contributed by atoms with Crippen LogP contribution < -0.4 is 5.32 Å². The molecule has 1 aliphatic heterocycles. The Morgan fingerprint density at radius 1 is 1.48 bits per heavy atom. The van der Waals surface area contributed by atoms with Crippen LogP contribution in [0.4, 0.5) is 0 Å². The molecule has 8 heteroatoms. The number of likely N-dealkylation sites (N-methyl/N-ethyl adjacent to an activating group) is 1. The summed E-state index contributed by atoms with van der Waals surface area (Å²) < 4.78 is 27.2. The van der Waals surface area contributed by atoms with Crippen LogP contribution in [0.3, 0.4) is 0 Å². The molecular weight excluding hydrogens is 290 g/mol. The summed E-state index contributed by atoms with van der Waals surface area (Å²) in [5, 5.41) is 9.92. The van der Waals surface area contributed by atoms with Gasteiger partial charge in [0.1, 0.15) is 0 Å². The predicted molar refractivity (Wildman–Crippen MR) is 81.4 cm³/mol. The van der Waals surface area contributed by atoms with Crippen LogP contribution in [0.5, 0.6) is 0 Å². The number of nitrogens with one attached hydrogen (secondary N) is 2. The lowest BCUT2D eigenvalue weighted by Gasteiger charge is -2.22. The highest BCUT2D eigenvalue weighted by atomic mass is 32.2. The molecule has 21 heavy (non-hydrogen) atoms. The predicted octanol–water partition coefficient (Wildman–Crippen LogP) is 0.0898. The Balaban J connectivity index is 2.21. The van der Waals surface area contributed by atoms with Crippen LogP contribution in [0, 0.1) is 5.92 Å². The quantitative estimate of drug-likeness (QED) is 0.777. The fourth-order valence-corrected chi connectivity index (χ4v) is 4.47. The second-order valence-electron chi connectivity index (χ2n) is 5.83. The van der Waals surface area contributed by atoms with Crippen molar-refractivity contribution in [3.8, 4) is 0 Å². The number of aromatic amines is 1. The first kappa shape index (κ1) is 16.4. The first-order valence-corrected chi connectivity index (χ1v) is 8.71. The highest BCUT2D eigenvalue weighted by molar-refractivity contribution is 7.89. The van der Waals surface area contributed by atoms with Crippen LogP contribution >= 0.6 is 0 Å².